The van der Waals surface area contributed by atoms with Crippen LogP contribution in [0.4, 0.5) is 13.2 Å². The fourth-order valence-corrected chi connectivity index (χ4v) is 3.15. The number of halogens is 3. The van der Waals surface area contributed by atoms with Crippen LogP contribution in [0, 0.1) is 5.92 Å². The van der Waals surface area contributed by atoms with Gasteiger partial charge in [0, 0.05) is 25.6 Å². The molecule has 1 aromatic rings. The molecular formula is C16H17F3N4O4. The van der Waals surface area contributed by atoms with Gasteiger partial charge in [0.1, 0.15) is 6.10 Å². The zero-order chi connectivity index (χ0) is 19.6. The van der Waals surface area contributed by atoms with E-state index in [0.717, 1.165) is 12.3 Å². The Labute approximate surface area is 152 Å². The van der Waals surface area contributed by atoms with Crippen molar-refractivity contribution in [1.82, 2.24) is 20.2 Å². The Balaban J connectivity index is 1.63. The number of imide groups is 1. The highest BCUT2D eigenvalue weighted by molar-refractivity contribution is 6.02. The Morgan fingerprint density at radius 2 is 1.96 bits per heavy atom. The quantitative estimate of drug-likeness (QED) is 0.776. The Morgan fingerprint density at radius 1 is 1.26 bits per heavy atom. The lowest BCUT2D eigenvalue weighted by Crippen LogP contribution is -2.50. The molecule has 2 fully saturated rings. The van der Waals surface area contributed by atoms with Crippen LogP contribution in [0.15, 0.2) is 12.3 Å². The van der Waals surface area contributed by atoms with Gasteiger partial charge in [-0.05, 0) is 18.9 Å². The Morgan fingerprint density at radius 3 is 2.63 bits per heavy atom. The summed E-state index contributed by atoms with van der Waals surface area (Å²) in [6.07, 6.45) is -3.26. The van der Waals surface area contributed by atoms with Crippen molar-refractivity contribution < 1.29 is 32.3 Å². The standard InChI is InChI=1S/C16H17F3N4O4/c17-16(18,19)11-3-4-20-15(21-11)27-10-2-1-5-23(8-10)14(26)9-6-12(24)22-13(25)7-9/h3-4,9-10H,1-2,5-8H2,(H,22,24,25). The van der Waals surface area contributed by atoms with E-state index in [2.05, 4.69) is 15.3 Å². The van der Waals surface area contributed by atoms with Gasteiger partial charge in [-0.25, -0.2) is 4.98 Å². The predicted octanol–water partition coefficient (Wildman–Crippen LogP) is 0.918. The van der Waals surface area contributed by atoms with Crippen molar-refractivity contribution in [3.05, 3.63) is 18.0 Å². The summed E-state index contributed by atoms with van der Waals surface area (Å²) in [4.78, 5) is 44.0. The topological polar surface area (TPSA) is 101 Å². The molecule has 146 valence electrons. The number of carbonyl (C=O) groups excluding carboxylic acids is 3. The molecule has 8 nitrogen and oxygen atoms in total. The van der Waals surface area contributed by atoms with E-state index in [1.165, 1.54) is 4.90 Å². The van der Waals surface area contributed by atoms with Crippen LogP contribution in [-0.4, -0.2) is 51.8 Å². The van der Waals surface area contributed by atoms with E-state index in [1.807, 2.05) is 0 Å². The number of hydrogen-bond donors (Lipinski definition) is 1. The summed E-state index contributed by atoms with van der Waals surface area (Å²) in [5.41, 5.74) is -1.11. The Kier molecular flexibility index (Phi) is 5.29. The van der Waals surface area contributed by atoms with E-state index in [4.69, 9.17) is 4.74 Å². The third-order valence-corrected chi connectivity index (χ3v) is 4.38. The molecule has 1 aromatic heterocycles. The van der Waals surface area contributed by atoms with Crippen LogP contribution in [0.5, 0.6) is 6.01 Å². The van der Waals surface area contributed by atoms with Crippen LogP contribution in [0.25, 0.3) is 0 Å². The van der Waals surface area contributed by atoms with Crippen molar-refractivity contribution in [2.45, 2.75) is 38.0 Å². The second-order valence-electron chi connectivity index (χ2n) is 6.47. The van der Waals surface area contributed by atoms with E-state index < -0.39 is 41.7 Å². The van der Waals surface area contributed by atoms with Gasteiger partial charge >= 0.3 is 12.2 Å². The molecule has 0 aliphatic carbocycles. The minimum Gasteiger partial charge on any atom is -0.458 e. The van der Waals surface area contributed by atoms with Crippen molar-refractivity contribution in [3.63, 3.8) is 0 Å². The van der Waals surface area contributed by atoms with Crippen molar-refractivity contribution >= 4 is 17.7 Å². The highest BCUT2D eigenvalue weighted by Crippen LogP contribution is 2.28. The monoisotopic (exact) mass is 386 g/mol. The molecule has 27 heavy (non-hydrogen) atoms. The first kappa shape index (κ1) is 19.1. The van der Waals surface area contributed by atoms with Gasteiger partial charge in [-0.1, -0.05) is 0 Å². The zero-order valence-electron chi connectivity index (χ0n) is 14.2. The molecule has 0 radical (unpaired) electrons. The van der Waals surface area contributed by atoms with Crippen molar-refractivity contribution in [1.29, 1.82) is 0 Å². The molecule has 1 N–H and O–H groups in total. The van der Waals surface area contributed by atoms with Crippen molar-refractivity contribution in [3.8, 4) is 6.01 Å². The van der Waals surface area contributed by atoms with Gasteiger partial charge in [0.05, 0.1) is 12.5 Å². The molecule has 2 saturated heterocycles. The molecule has 0 saturated carbocycles. The Hall–Kier alpha value is -2.72. The van der Waals surface area contributed by atoms with Crippen LogP contribution < -0.4 is 10.1 Å². The minimum absolute atomic E-state index is 0.0661. The zero-order valence-corrected chi connectivity index (χ0v) is 14.2. The number of hydrogen-bond acceptors (Lipinski definition) is 6. The first-order valence-corrected chi connectivity index (χ1v) is 8.41. The number of piperidine rings is 2. The lowest BCUT2D eigenvalue weighted by molar-refractivity contribution is -0.147. The lowest BCUT2D eigenvalue weighted by Gasteiger charge is -2.35. The average molecular weight is 386 g/mol. The SMILES string of the molecule is O=C1CC(C(=O)N2CCCC(Oc3nccc(C(F)(F)F)n3)C2)CC(=O)N1. The number of nitrogens with zero attached hydrogens (tertiary/aromatic N) is 3. The van der Waals surface area contributed by atoms with E-state index >= 15 is 0 Å². The third kappa shape index (κ3) is 4.72. The number of aromatic nitrogens is 2. The highest BCUT2D eigenvalue weighted by atomic mass is 19.4. The molecule has 0 bridgehead atoms. The summed E-state index contributed by atoms with van der Waals surface area (Å²) in [6, 6.07) is 0.339. The summed E-state index contributed by atoms with van der Waals surface area (Å²) >= 11 is 0. The average Bonchev–Trinajstić information content (AvgIpc) is 2.60. The van der Waals surface area contributed by atoms with Gasteiger partial charge in [0.25, 0.3) is 0 Å². The van der Waals surface area contributed by atoms with Gasteiger partial charge in [-0.2, -0.15) is 18.2 Å². The summed E-state index contributed by atoms with van der Waals surface area (Å²) in [5.74, 6) is -2.05. The van der Waals surface area contributed by atoms with Gasteiger partial charge in [-0.3, -0.25) is 19.7 Å². The second-order valence-corrected chi connectivity index (χ2v) is 6.47. The largest absolute Gasteiger partial charge is 0.458 e. The molecule has 11 heteroatoms. The van der Waals surface area contributed by atoms with Crippen molar-refractivity contribution in [2.75, 3.05) is 13.1 Å². The molecule has 2 aliphatic heterocycles. The summed E-state index contributed by atoms with van der Waals surface area (Å²) < 4.78 is 43.6. The van der Waals surface area contributed by atoms with E-state index in [9.17, 15) is 27.6 Å². The van der Waals surface area contributed by atoms with Gasteiger partial charge in [-0.15, -0.1) is 0 Å². The Bertz CT molecular complexity index is 739. The molecule has 3 rings (SSSR count). The highest BCUT2D eigenvalue weighted by Gasteiger charge is 2.36. The maximum atomic E-state index is 12.7. The van der Waals surface area contributed by atoms with Crippen LogP contribution in [-0.2, 0) is 20.6 Å². The summed E-state index contributed by atoms with van der Waals surface area (Å²) in [6.45, 7) is 0.555. The fourth-order valence-electron chi connectivity index (χ4n) is 3.15. The number of likely N-dealkylation sites (tertiary alicyclic amines) is 1. The smallest absolute Gasteiger partial charge is 0.433 e. The molecule has 3 amide bonds. The van der Waals surface area contributed by atoms with Crippen molar-refractivity contribution in [2.24, 2.45) is 5.92 Å². The predicted molar refractivity (Wildman–Crippen MR) is 83.1 cm³/mol. The van der Waals surface area contributed by atoms with Crippen LogP contribution in [0.3, 0.4) is 0 Å². The maximum Gasteiger partial charge on any atom is 0.433 e. The number of ether oxygens (including phenoxy) is 1. The minimum atomic E-state index is -4.61. The summed E-state index contributed by atoms with van der Waals surface area (Å²) in [7, 11) is 0. The molecular weight excluding hydrogens is 369 g/mol. The lowest BCUT2D eigenvalue weighted by atomic mass is 9.94. The van der Waals surface area contributed by atoms with Gasteiger partial charge < -0.3 is 9.64 Å². The van der Waals surface area contributed by atoms with E-state index in [1.54, 1.807) is 0 Å². The van der Waals surface area contributed by atoms with Gasteiger partial charge in [0.15, 0.2) is 5.69 Å². The number of amides is 3. The summed E-state index contributed by atoms with van der Waals surface area (Å²) in [5, 5.41) is 2.14. The normalized spacial score (nSPS) is 21.7. The number of alkyl halides is 3. The number of carbonyl (C=O) groups is 3. The molecule has 1 atom stereocenters. The first-order chi connectivity index (χ1) is 12.7. The fraction of sp³-hybridized carbons (Fsp3) is 0.562. The van der Waals surface area contributed by atoms with E-state index in [-0.39, 0.29) is 25.3 Å². The molecule has 0 spiro atoms. The molecule has 0 aromatic carbocycles. The third-order valence-electron chi connectivity index (χ3n) is 4.38. The first-order valence-electron chi connectivity index (χ1n) is 8.41. The van der Waals surface area contributed by atoms with Gasteiger partial charge in [0.2, 0.25) is 17.7 Å². The maximum absolute atomic E-state index is 12.7. The van der Waals surface area contributed by atoms with Crippen LogP contribution >= 0.6 is 0 Å². The van der Waals surface area contributed by atoms with Crippen LogP contribution in [0.1, 0.15) is 31.4 Å². The molecule has 3 heterocycles. The van der Waals surface area contributed by atoms with Crippen LogP contribution in [0.2, 0.25) is 0 Å². The number of rotatable bonds is 3. The molecule has 1 unspecified atom stereocenters. The molecule has 2 aliphatic rings. The second kappa shape index (κ2) is 7.49. The van der Waals surface area contributed by atoms with E-state index in [0.29, 0.717) is 19.4 Å². The number of nitrogens with one attached hydrogen (secondary N) is 1.